The molecule has 2 aliphatic rings. The molecule has 2 aromatic carbocycles. The molecule has 4 rings (SSSR count). The van der Waals surface area contributed by atoms with Crippen molar-refractivity contribution in [3.8, 4) is 5.75 Å². The van der Waals surface area contributed by atoms with Crippen LogP contribution in [0.4, 0.5) is 5.69 Å². The Morgan fingerprint density at radius 2 is 1.95 bits per heavy atom. The molecule has 37 heavy (non-hydrogen) atoms. The fraction of sp³-hybridized carbons (Fsp3) is 0.348. The van der Waals surface area contributed by atoms with Crippen molar-refractivity contribution in [3.05, 3.63) is 52.5 Å². The van der Waals surface area contributed by atoms with Gasteiger partial charge < -0.3 is 25.4 Å². The Morgan fingerprint density at radius 1 is 1.27 bits per heavy atom. The summed E-state index contributed by atoms with van der Waals surface area (Å²) >= 11 is 10.2. The first-order valence-corrected chi connectivity index (χ1v) is 13.8. The monoisotopic (exact) mass is 568 g/mol. The molecular formula is C23H25ClN4O7S2. The number of primary sulfonamides is 1. The third kappa shape index (κ3) is 5.64. The van der Waals surface area contributed by atoms with Crippen LogP contribution in [-0.2, 0) is 19.6 Å². The minimum absolute atomic E-state index is 0.0881. The molecule has 5 N–H and O–H groups in total. The van der Waals surface area contributed by atoms with E-state index >= 15 is 0 Å². The minimum Gasteiger partial charge on any atom is -0.488 e. The second kappa shape index (κ2) is 10.4. The van der Waals surface area contributed by atoms with Gasteiger partial charge in [0, 0.05) is 18.1 Å². The molecule has 2 aromatic rings. The SMILES string of the molecule is CC(CS)C(=O)N1CC(Oc2ccc(C3NC(=O)c4cc(S(N)(=O)=O)c(Cl)cc4N3)cc2)CC1C(=O)O. The summed E-state index contributed by atoms with van der Waals surface area (Å²) in [6.07, 6.45) is -0.984. The first-order chi connectivity index (χ1) is 17.4. The van der Waals surface area contributed by atoms with Crippen LogP contribution in [0.15, 0.2) is 41.3 Å². The van der Waals surface area contributed by atoms with Gasteiger partial charge >= 0.3 is 5.97 Å². The summed E-state index contributed by atoms with van der Waals surface area (Å²) in [5.74, 6) is -1.50. The predicted molar refractivity (Wildman–Crippen MR) is 138 cm³/mol. The Balaban J connectivity index is 1.46. The van der Waals surface area contributed by atoms with Crippen molar-refractivity contribution >= 4 is 57.7 Å². The molecule has 2 heterocycles. The lowest BCUT2D eigenvalue weighted by Crippen LogP contribution is -2.43. The van der Waals surface area contributed by atoms with Crippen LogP contribution in [0, 0.1) is 5.92 Å². The van der Waals surface area contributed by atoms with Crippen LogP contribution in [0.5, 0.6) is 5.75 Å². The van der Waals surface area contributed by atoms with Crippen LogP contribution < -0.4 is 20.5 Å². The fourth-order valence-electron chi connectivity index (χ4n) is 4.30. The average Bonchev–Trinajstić information content (AvgIpc) is 3.26. The number of hydrogen-bond acceptors (Lipinski definition) is 8. The normalized spacial score (nSPS) is 22.0. The van der Waals surface area contributed by atoms with Crippen molar-refractivity contribution in [2.45, 2.75) is 36.6 Å². The lowest BCUT2D eigenvalue weighted by atomic mass is 10.1. The number of nitrogens with one attached hydrogen (secondary N) is 2. The second-order valence-corrected chi connectivity index (χ2v) is 11.2. The van der Waals surface area contributed by atoms with Crippen molar-refractivity contribution < 1.29 is 32.6 Å². The Bertz CT molecular complexity index is 1350. The molecule has 4 unspecified atom stereocenters. The zero-order valence-corrected chi connectivity index (χ0v) is 22.0. The summed E-state index contributed by atoms with van der Waals surface area (Å²) in [6, 6.07) is 8.27. The maximum absolute atomic E-state index is 12.7. The van der Waals surface area contributed by atoms with Gasteiger partial charge in [-0.05, 0) is 29.8 Å². The molecule has 0 radical (unpaired) electrons. The summed E-state index contributed by atoms with van der Waals surface area (Å²) in [4.78, 5) is 37.9. The Morgan fingerprint density at radius 3 is 2.54 bits per heavy atom. The maximum Gasteiger partial charge on any atom is 0.326 e. The maximum atomic E-state index is 12.7. The molecular weight excluding hydrogens is 544 g/mol. The lowest BCUT2D eigenvalue weighted by Gasteiger charge is -2.29. The highest BCUT2D eigenvalue weighted by molar-refractivity contribution is 7.89. The van der Waals surface area contributed by atoms with E-state index in [1.165, 1.54) is 11.0 Å². The zero-order valence-electron chi connectivity index (χ0n) is 19.5. The van der Waals surface area contributed by atoms with E-state index in [1.807, 2.05) is 0 Å². The molecule has 0 aliphatic carbocycles. The third-order valence-corrected chi connectivity index (χ3v) is 8.16. The lowest BCUT2D eigenvalue weighted by molar-refractivity contribution is -0.149. The zero-order chi connectivity index (χ0) is 27.1. The number of hydrogen-bond donors (Lipinski definition) is 5. The number of aliphatic carboxylic acids is 1. The van der Waals surface area contributed by atoms with E-state index in [-0.39, 0.29) is 34.4 Å². The largest absolute Gasteiger partial charge is 0.488 e. The molecule has 14 heteroatoms. The number of halogens is 1. The minimum atomic E-state index is -4.10. The number of fused-ring (bicyclic) bond motifs is 1. The van der Waals surface area contributed by atoms with Gasteiger partial charge in [0.1, 0.15) is 29.0 Å². The summed E-state index contributed by atoms with van der Waals surface area (Å²) in [6.45, 7) is 1.85. The number of nitrogens with two attached hydrogens (primary N) is 1. The van der Waals surface area contributed by atoms with Crippen molar-refractivity contribution in [3.63, 3.8) is 0 Å². The van der Waals surface area contributed by atoms with Crippen molar-refractivity contribution in [2.75, 3.05) is 17.6 Å². The average molecular weight is 569 g/mol. The number of carbonyl (C=O) groups excluding carboxylic acids is 2. The van der Waals surface area contributed by atoms with E-state index in [9.17, 15) is 27.9 Å². The first-order valence-electron chi connectivity index (χ1n) is 11.2. The molecule has 4 atom stereocenters. The predicted octanol–water partition coefficient (Wildman–Crippen LogP) is 1.84. The number of anilines is 1. The van der Waals surface area contributed by atoms with Crippen LogP contribution in [0.3, 0.4) is 0 Å². The van der Waals surface area contributed by atoms with Gasteiger partial charge in [-0.1, -0.05) is 30.7 Å². The van der Waals surface area contributed by atoms with E-state index < -0.39 is 46.1 Å². The highest BCUT2D eigenvalue weighted by Crippen LogP contribution is 2.34. The number of rotatable bonds is 7. The quantitative estimate of drug-likeness (QED) is 0.315. The molecule has 1 fully saturated rings. The van der Waals surface area contributed by atoms with E-state index in [0.29, 0.717) is 22.8 Å². The number of carboxylic acid groups (broad SMARTS) is 1. The summed E-state index contributed by atoms with van der Waals surface area (Å²) in [5.41, 5.74) is 1.11. The number of sulfonamides is 1. The van der Waals surface area contributed by atoms with Crippen molar-refractivity contribution in [2.24, 2.45) is 11.1 Å². The van der Waals surface area contributed by atoms with Crippen molar-refractivity contribution in [1.29, 1.82) is 0 Å². The van der Waals surface area contributed by atoms with E-state index in [0.717, 1.165) is 6.07 Å². The summed E-state index contributed by atoms with van der Waals surface area (Å²) in [5, 5.41) is 20.5. The van der Waals surface area contributed by atoms with Gasteiger partial charge in [0.05, 0.1) is 22.8 Å². The number of ether oxygens (including phenoxy) is 1. The molecule has 0 bridgehead atoms. The molecule has 0 spiro atoms. The smallest absolute Gasteiger partial charge is 0.326 e. The highest BCUT2D eigenvalue weighted by Gasteiger charge is 2.41. The van der Waals surface area contributed by atoms with Gasteiger partial charge in [0.2, 0.25) is 15.9 Å². The second-order valence-electron chi connectivity index (χ2n) is 8.90. The van der Waals surface area contributed by atoms with Gasteiger partial charge in [-0.25, -0.2) is 18.4 Å². The Hall–Kier alpha value is -3.00. The number of carbonyl (C=O) groups is 3. The van der Waals surface area contributed by atoms with E-state index in [1.54, 1.807) is 31.2 Å². The Kier molecular flexibility index (Phi) is 7.60. The number of carboxylic acids is 1. The summed E-state index contributed by atoms with van der Waals surface area (Å²) in [7, 11) is -4.10. The van der Waals surface area contributed by atoms with Gasteiger partial charge in [0.25, 0.3) is 5.91 Å². The van der Waals surface area contributed by atoms with Crippen molar-refractivity contribution in [1.82, 2.24) is 10.2 Å². The van der Waals surface area contributed by atoms with Crippen LogP contribution in [0.1, 0.15) is 35.4 Å². The third-order valence-electron chi connectivity index (χ3n) is 6.24. The van der Waals surface area contributed by atoms with Crippen LogP contribution in [0.2, 0.25) is 5.02 Å². The number of likely N-dealkylation sites (tertiary alicyclic amines) is 1. The van der Waals surface area contributed by atoms with Gasteiger partial charge in [0.15, 0.2) is 0 Å². The molecule has 11 nitrogen and oxygen atoms in total. The van der Waals surface area contributed by atoms with E-state index in [4.69, 9.17) is 21.5 Å². The molecule has 2 amide bonds. The van der Waals surface area contributed by atoms with Crippen LogP contribution in [-0.4, -0.2) is 60.7 Å². The number of benzene rings is 2. The summed E-state index contributed by atoms with van der Waals surface area (Å²) < 4.78 is 29.4. The highest BCUT2D eigenvalue weighted by atomic mass is 35.5. The number of thiol groups is 1. The molecule has 2 aliphatic heterocycles. The molecule has 198 valence electrons. The first kappa shape index (κ1) is 27.0. The number of amides is 2. The van der Waals surface area contributed by atoms with Gasteiger partial charge in [-0.2, -0.15) is 12.6 Å². The topological polar surface area (TPSA) is 168 Å². The van der Waals surface area contributed by atoms with Crippen LogP contribution >= 0.6 is 24.2 Å². The molecule has 1 saturated heterocycles. The van der Waals surface area contributed by atoms with Gasteiger partial charge in [-0.15, -0.1) is 0 Å². The van der Waals surface area contributed by atoms with Crippen LogP contribution in [0.25, 0.3) is 0 Å². The Labute approximate surface area is 223 Å². The number of nitrogens with zero attached hydrogens (tertiary/aromatic N) is 1. The molecule has 0 aromatic heterocycles. The fourth-order valence-corrected chi connectivity index (χ4v) is 5.55. The molecule has 0 saturated carbocycles. The van der Waals surface area contributed by atoms with E-state index in [2.05, 4.69) is 23.3 Å². The standard InChI is InChI=1S/C23H25ClN4O7S2/c1-11(10-36)22(30)28-9-14(6-18(28)23(31)32)35-13-4-2-12(3-5-13)20-26-17-8-16(24)19(37(25,33)34)7-15(17)21(29)27-20/h2-5,7-8,11,14,18,20,26,36H,6,9-10H2,1H3,(H,27,29)(H,31,32)(H2,25,33,34). The van der Waals surface area contributed by atoms with Gasteiger partial charge in [-0.3, -0.25) is 9.59 Å².